The van der Waals surface area contributed by atoms with Crippen LogP contribution in [0.15, 0.2) is 12.1 Å². The van der Waals surface area contributed by atoms with E-state index in [4.69, 9.17) is 11.6 Å². The van der Waals surface area contributed by atoms with Crippen LogP contribution < -0.4 is 5.32 Å². The predicted octanol–water partition coefficient (Wildman–Crippen LogP) is 7.65. The molecule has 4 fully saturated rings. The van der Waals surface area contributed by atoms with E-state index in [9.17, 15) is 14.4 Å². The van der Waals surface area contributed by atoms with Crippen molar-refractivity contribution in [3.05, 3.63) is 21.3 Å². The van der Waals surface area contributed by atoms with Gasteiger partial charge in [-0.15, -0.1) is 11.3 Å². The molecule has 1 aromatic rings. The maximum atomic E-state index is 13.6. The zero-order chi connectivity index (χ0) is 26.7. The summed E-state index contributed by atoms with van der Waals surface area (Å²) in [5.41, 5.74) is 0.247. The lowest BCUT2D eigenvalue weighted by molar-refractivity contribution is -0.159. The van der Waals surface area contributed by atoms with Crippen LogP contribution in [0.4, 0.5) is 0 Å². The van der Waals surface area contributed by atoms with Crippen molar-refractivity contribution in [2.24, 2.45) is 52.3 Å². The van der Waals surface area contributed by atoms with Crippen LogP contribution in [0.5, 0.6) is 0 Å². The van der Waals surface area contributed by atoms with Crippen molar-refractivity contribution < 1.29 is 14.4 Å². The lowest BCUT2D eigenvalue weighted by Gasteiger charge is -2.59. The van der Waals surface area contributed by atoms with Crippen LogP contribution in [-0.4, -0.2) is 17.5 Å². The first-order chi connectivity index (χ1) is 17.4. The second-order valence-corrected chi connectivity index (χ2v) is 15.4. The molecule has 9 atom stereocenters. The van der Waals surface area contributed by atoms with Gasteiger partial charge in [0, 0.05) is 36.5 Å². The molecule has 1 aromatic heterocycles. The minimum atomic E-state index is -0.0181. The molecular weight excluding hydrogens is 502 g/mol. The molecule has 0 aromatic carbocycles. The van der Waals surface area contributed by atoms with Crippen molar-refractivity contribution in [3.8, 4) is 0 Å². The van der Waals surface area contributed by atoms with Gasteiger partial charge in [0.05, 0.1) is 10.4 Å². The lowest BCUT2D eigenvalue weighted by Crippen LogP contribution is -2.57. The number of hydrogen-bond acceptors (Lipinski definition) is 4. The van der Waals surface area contributed by atoms with E-state index in [1.807, 2.05) is 12.1 Å². The number of nitrogens with one attached hydrogen (secondary N) is 1. The predicted molar refractivity (Wildman–Crippen MR) is 149 cm³/mol. The number of rotatable bonds is 6. The Balaban J connectivity index is 1.28. The number of halogens is 1. The van der Waals surface area contributed by atoms with E-state index in [0.717, 1.165) is 41.3 Å². The van der Waals surface area contributed by atoms with Crippen LogP contribution >= 0.6 is 22.9 Å². The third kappa shape index (κ3) is 4.75. The Morgan fingerprint density at radius 2 is 1.78 bits per heavy atom. The Kier molecular flexibility index (Phi) is 7.46. The molecule has 1 heterocycles. The molecule has 6 heteroatoms. The van der Waals surface area contributed by atoms with Crippen LogP contribution in [0.1, 0.15) is 103 Å². The molecule has 1 unspecified atom stereocenters. The highest BCUT2D eigenvalue weighted by molar-refractivity contribution is 7.16. The minimum absolute atomic E-state index is 0.0181. The third-order valence-electron chi connectivity index (χ3n) is 11.4. The van der Waals surface area contributed by atoms with E-state index in [-0.39, 0.29) is 46.5 Å². The van der Waals surface area contributed by atoms with Gasteiger partial charge in [-0.05, 0) is 90.6 Å². The van der Waals surface area contributed by atoms with E-state index < -0.39 is 0 Å². The summed E-state index contributed by atoms with van der Waals surface area (Å²) < 4.78 is 0.751. The summed E-state index contributed by atoms with van der Waals surface area (Å²) in [4.78, 5) is 40.2. The largest absolute Gasteiger partial charge is 0.348 e. The first kappa shape index (κ1) is 27.4. The Bertz CT molecular complexity index is 1070. The first-order valence-corrected chi connectivity index (χ1v) is 15.7. The zero-order valence-electron chi connectivity index (χ0n) is 23.1. The molecule has 204 valence electrons. The number of carbonyl (C=O) groups is 3. The highest BCUT2D eigenvalue weighted by atomic mass is 35.5. The summed E-state index contributed by atoms with van der Waals surface area (Å²) in [6, 6.07) is 3.91. The third-order valence-corrected chi connectivity index (χ3v) is 12.8. The SMILES string of the molecule is CC(C)C(NC(=O)C[C@@H](C)[C@H]1CC[C@H]2[C@@H]3C(=O)C[C@@H]4CC(=O)CC[C@]4(C)[C@H]3CC[C@]12C)c1ccc(Cl)s1. The molecule has 4 aliphatic rings. The van der Waals surface area contributed by atoms with Gasteiger partial charge >= 0.3 is 0 Å². The normalized spacial score (nSPS) is 39.1. The summed E-state index contributed by atoms with van der Waals surface area (Å²) in [5, 5.41) is 3.31. The maximum Gasteiger partial charge on any atom is 0.220 e. The van der Waals surface area contributed by atoms with Gasteiger partial charge in [-0.2, -0.15) is 0 Å². The molecule has 4 nitrogen and oxygen atoms in total. The number of hydrogen-bond donors (Lipinski definition) is 1. The molecule has 1 amide bonds. The molecule has 4 aliphatic carbocycles. The molecule has 37 heavy (non-hydrogen) atoms. The van der Waals surface area contributed by atoms with Crippen LogP contribution in [0, 0.1) is 52.3 Å². The average Bonchev–Trinajstić information content (AvgIpc) is 3.41. The number of Topliss-reactive ketones (excluding diaryl/α,β-unsaturated/α-hetero) is 2. The summed E-state index contributed by atoms with van der Waals surface area (Å²) in [6.45, 7) is 11.3. The average molecular weight is 546 g/mol. The van der Waals surface area contributed by atoms with E-state index in [0.29, 0.717) is 55.0 Å². The van der Waals surface area contributed by atoms with Crippen molar-refractivity contribution in [3.63, 3.8) is 0 Å². The number of fused-ring (bicyclic) bond motifs is 5. The number of amides is 1. The van der Waals surface area contributed by atoms with Crippen molar-refractivity contribution in [1.29, 1.82) is 0 Å². The van der Waals surface area contributed by atoms with Gasteiger partial charge in [-0.25, -0.2) is 0 Å². The molecule has 0 spiro atoms. The van der Waals surface area contributed by atoms with Gasteiger partial charge in [0.25, 0.3) is 0 Å². The van der Waals surface area contributed by atoms with E-state index in [1.165, 1.54) is 0 Å². The fourth-order valence-electron chi connectivity index (χ4n) is 9.43. The number of carbonyl (C=O) groups excluding carboxylic acids is 3. The van der Waals surface area contributed by atoms with Crippen molar-refractivity contribution in [1.82, 2.24) is 5.32 Å². The van der Waals surface area contributed by atoms with Crippen LogP contribution in [0.25, 0.3) is 0 Å². The smallest absolute Gasteiger partial charge is 0.220 e. The fourth-order valence-corrected chi connectivity index (χ4v) is 10.7. The second kappa shape index (κ2) is 10.1. The van der Waals surface area contributed by atoms with Crippen LogP contribution in [0.2, 0.25) is 4.34 Å². The van der Waals surface area contributed by atoms with Gasteiger partial charge in [-0.1, -0.05) is 46.2 Å². The highest BCUT2D eigenvalue weighted by Crippen LogP contribution is 2.67. The van der Waals surface area contributed by atoms with Crippen LogP contribution in [-0.2, 0) is 14.4 Å². The zero-order valence-corrected chi connectivity index (χ0v) is 24.7. The Labute approximate surface area is 231 Å². The fraction of sp³-hybridized carbons (Fsp3) is 0.774. The van der Waals surface area contributed by atoms with Crippen molar-refractivity contribution in [2.45, 2.75) is 98.4 Å². The summed E-state index contributed by atoms with van der Waals surface area (Å²) in [7, 11) is 0. The second-order valence-electron chi connectivity index (χ2n) is 13.7. The number of ketones is 2. The summed E-state index contributed by atoms with van der Waals surface area (Å²) in [5.74, 6) is 3.16. The standard InChI is InChI=1S/C31H44ClNO3S/c1-17(2)29(25-8-9-26(32)37-25)33-27(36)14-18(3)21-6-7-22-28-23(11-13-31(21,22)5)30(4)12-10-20(34)15-19(30)16-24(28)35/h8-9,17-19,21-23,28-29H,6-7,10-16H2,1-5H3,(H,33,36)/t18-,19+,21-,22+,23+,28+,29?,30+,31-/m1/s1. The molecule has 0 aliphatic heterocycles. The highest BCUT2D eigenvalue weighted by Gasteiger charge is 2.63. The molecule has 0 radical (unpaired) electrons. The van der Waals surface area contributed by atoms with Crippen molar-refractivity contribution >= 4 is 40.4 Å². The monoisotopic (exact) mass is 545 g/mol. The topological polar surface area (TPSA) is 63.2 Å². The molecule has 4 saturated carbocycles. The van der Waals surface area contributed by atoms with Gasteiger partial charge in [0.15, 0.2) is 0 Å². The molecular formula is C31H44ClNO3S. The van der Waals surface area contributed by atoms with Crippen LogP contribution in [0.3, 0.4) is 0 Å². The lowest BCUT2D eigenvalue weighted by atomic mass is 9.44. The Hall–Kier alpha value is -1.20. The quantitative estimate of drug-likeness (QED) is 0.399. The minimum Gasteiger partial charge on any atom is -0.348 e. The van der Waals surface area contributed by atoms with Gasteiger partial charge < -0.3 is 5.32 Å². The Morgan fingerprint density at radius 3 is 2.46 bits per heavy atom. The Morgan fingerprint density at radius 1 is 1.05 bits per heavy atom. The van der Waals surface area contributed by atoms with E-state index in [1.54, 1.807) is 11.3 Å². The van der Waals surface area contributed by atoms with E-state index >= 15 is 0 Å². The van der Waals surface area contributed by atoms with Gasteiger partial charge in [-0.3, -0.25) is 14.4 Å². The van der Waals surface area contributed by atoms with E-state index in [2.05, 4.69) is 39.9 Å². The maximum absolute atomic E-state index is 13.6. The van der Waals surface area contributed by atoms with Gasteiger partial charge in [0.1, 0.15) is 11.6 Å². The summed E-state index contributed by atoms with van der Waals surface area (Å²) >= 11 is 7.72. The molecule has 1 N–H and O–H groups in total. The van der Waals surface area contributed by atoms with Gasteiger partial charge in [0.2, 0.25) is 5.91 Å². The number of thiophene rings is 1. The van der Waals surface area contributed by atoms with Crippen molar-refractivity contribution in [2.75, 3.05) is 0 Å². The first-order valence-electron chi connectivity index (χ1n) is 14.5. The molecule has 0 bridgehead atoms. The molecule has 0 saturated heterocycles. The summed E-state index contributed by atoms with van der Waals surface area (Å²) in [6.07, 6.45) is 7.83. The molecule has 5 rings (SSSR count).